The van der Waals surface area contributed by atoms with Gasteiger partial charge in [0.1, 0.15) is 11.5 Å². The Kier molecular flexibility index (Phi) is 5.81. The second kappa shape index (κ2) is 7.93. The molecule has 0 aromatic heterocycles. The van der Waals surface area contributed by atoms with Crippen LogP contribution in [0.1, 0.15) is 54.9 Å². The van der Waals surface area contributed by atoms with Gasteiger partial charge in [0, 0.05) is 11.4 Å². The highest BCUT2D eigenvalue weighted by atomic mass is 35.5. The molecule has 4 heteroatoms. The number of ketones is 1. The first-order valence-electron chi connectivity index (χ1n) is 9.39. The summed E-state index contributed by atoms with van der Waals surface area (Å²) in [4.78, 5) is 12.6. The molecule has 2 aromatic rings. The average Bonchev–Trinajstić information content (AvgIpc) is 3.22. The van der Waals surface area contributed by atoms with Crippen LogP contribution in [0.15, 0.2) is 42.5 Å². The maximum Gasteiger partial charge on any atom is 0.166 e. The minimum absolute atomic E-state index is 0.0886. The van der Waals surface area contributed by atoms with E-state index < -0.39 is 0 Å². The third-order valence-electron chi connectivity index (χ3n) is 5.88. The van der Waals surface area contributed by atoms with Gasteiger partial charge in [-0.25, -0.2) is 0 Å². The summed E-state index contributed by atoms with van der Waals surface area (Å²) in [5.74, 6) is 2.68. The van der Waals surface area contributed by atoms with Crippen molar-refractivity contribution in [3.8, 4) is 11.5 Å². The molecule has 1 saturated carbocycles. The molecule has 0 heterocycles. The zero-order chi connectivity index (χ0) is 19.6. The molecule has 1 fully saturated rings. The van der Waals surface area contributed by atoms with E-state index in [1.165, 1.54) is 5.56 Å². The Morgan fingerprint density at radius 3 is 2.59 bits per heavy atom. The number of rotatable bonds is 8. The fourth-order valence-corrected chi connectivity index (χ4v) is 4.47. The predicted molar refractivity (Wildman–Crippen MR) is 109 cm³/mol. The lowest BCUT2D eigenvalue weighted by Gasteiger charge is -2.08. The molecule has 2 aromatic carbocycles. The van der Waals surface area contributed by atoms with Crippen LogP contribution in [0.4, 0.5) is 0 Å². The Hall–Kier alpha value is -2.00. The average molecular weight is 387 g/mol. The number of hydrogen-bond donors (Lipinski definition) is 0. The smallest absolute Gasteiger partial charge is 0.166 e. The summed E-state index contributed by atoms with van der Waals surface area (Å²) >= 11 is 6.04. The molecule has 0 spiro atoms. The lowest BCUT2D eigenvalue weighted by Crippen LogP contribution is -2.03. The number of ether oxygens (including phenoxy) is 2. The molecular weight excluding hydrogens is 360 g/mol. The SMILES string of the molecule is COc1cccc([C@H]2C(CCCC(=O)c3cc(Cl)ccc3OC)C2(C)C)c1. The minimum Gasteiger partial charge on any atom is -0.497 e. The maximum atomic E-state index is 12.6. The first kappa shape index (κ1) is 19.8. The van der Waals surface area contributed by atoms with Crippen molar-refractivity contribution in [2.24, 2.45) is 11.3 Å². The zero-order valence-corrected chi connectivity index (χ0v) is 17.2. The topological polar surface area (TPSA) is 35.5 Å². The predicted octanol–water partition coefficient (Wildman–Crippen LogP) is 6.15. The van der Waals surface area contributed by atoms with E-state index in [2.05, 4.69) is 32.0 Å². The lowest BCUT2D eigenvalue weighted by atomic mass is 10.0. The molecule has 27 heavy (non-hydrogen) atoms. The number of Topliss-reactive ketones (excluding diaryl/α,β-unsaturated/α-hetero) is 1. The van der Waals surface area contributed by atoms with Crippen LogP contribution >= 0.6 is 11.6 Å². The number of methoxy groups -OCH3 is 2. The van der Waals surface area contributed by atoms with Gasteiger partial charge in [-0.15, -0.1) is 0 Å². The van der Waals surface area contributed by atoms with Crippen LogP contribution < -0.4 is 9.47 Å². The summed E-state index contributed by atoms with van der Waals surface area (Å²) in [5, 5.41) is 0.556. The zero-order valence-electron chi connectivity index (χ0n) is 16.4. The van der Waals surface area contributed by atoms with Crippen LogP contribution in [0.5, 0.6) is 11.5 Å². The Morgan fingerprint density at radius 2 is 1.89 bits per heavy atom. The molecule has 144 valence electrons. The van der Waals surface area contributed by atoms with Crippen LogP contribution in [-0.2, 0) is 0 Å². The van der Waals surface area contributed by atoms with Crippen LogP contribution in [0.25, 0.3) is 0 Å². The maximum absolute atomic E-state index is 12.6. The Balaban J connectivity index is 1.60. The summed E-state index contributed by atoms with van der Waals surface area (Å²) in [5.41, 5.74) is 2.15. The molecular formula is C23H27ClO3. The van der Waals surface area contributed by atoms with E-state index in [4.69, 9.17) is 21.1 Å². The standard InChI is InChI=1S/C23H27ClO3/c1-23(2)19(22(23)15-7-5-8-17(13-15)26-3)9-6-10-20(25)18-14-16(24)11-12-21(18)27-4/h5,7-8,11-14,19,22H,6,9-10H2,1-4H3/t19?,22-/m0/s1. The summed E-state index contributed by atoms with van der Waals surface area (Å²) in [6, 6.07) is 13.5. The molecule has 0 N–H and O–H groups in total. The quantitative estimate of drug-likeness (QED) is 0.510. The van der Waals surface area contributed by atoms with Crippen molar-refractivity contribution in [1.29, 1.82) is 0 Å². The molecule has 2 atom stereocenters. The highest BCUT2D eigenvalue weighted by Crippen LogP contribution is 2.66. The Bertz CT molecular complexity index is 828. The fraction of sp³-hybridized carbons (Fsp3) is 0.435. The van der Waals surface area contributed by atoms with Crippen molar-refractivity contribution in [2.45, 2.75) is 39.0 Å². The molecule has 0 radical (unpaired) electrons. The number of carbonyl (C=O) groups excluding carboxylic acids is 1. The first-order valence-corrected chi connectivity index (χ1v) is 9.77. The van der Waals surface area contributed by atoms with Gasteiger partial charge in [-0.05, 0) is 66.0 Å². The summed E-state index contributed by atoms with van der Waals surface area (Å²) in [6.07, 6.45) is 2.40. The summed E-state index contributed by atoms with van der Waals surface area (Å²) in [7, 11) is 3.27. The van der Waals surface area contributed by atoms with E-state index in [1.807, 2.05) is 6.07 Å². The molecule has 0 bridgehead atoms. The van der Waals surface area contributed by atoms with Gasteiger partial charge in [-0.2, -0.15) is 0 Å². The largest absolute Gasteiger partial charge is 0.497 e. The Morgan fingerprint density at radius 1 is 1.11 bits per heavy atom. The third-order valence-corrected chi connectivity index (χ3v) is 6.12. The van der Waals surface area contributed by atoms with Gasteiger partial charge in [0.2, 0.25) is 0 Å². The molecule has 0 saturated heterocycles. The molecule has 3 nitrogen and oxygen atoms in total. The van der Waals surface area contributed by atoms with Gasteiger partial charge in [-0.1, -0.05) is 37.6 Å². The number of hydrogen-bond acceptors (Lipinski definition) is 3. The van der Waals surface area contributed by atoms with E-state index in [0.29, 0.717) is 34.6 Å². The van der Waals surface area contributed by atoms with Gasteiger partial charge in [-0.3, -0.25) is 4.79 Å². The van der Waals surface area contributed by atoms with Crippen molar-refractivity contribution in [2.75, 3.05) is 14.2 Å². The minimum atomic E-state index is 0.0886. The van der Waals surface area contributed by atoms with Crippen molar-refractivity contribution in [1.82, 2.24) is 0 Å². The molecule has 0 amide bonds. The third kappa shape index (κ3) is 4.14. The first-order chi connectivity index (χ1) is 12.9. The van der Waals surface area contributed by atoms with Gasteiger partial charge < -0.3 is 9.47 Å². The highest BCUT2D eigenvalue weighted by Gasteiger charge is 2.57. The van der Waals surface area contributed by atoms with Crippen molar-refractivity contribution in [3.05, 3.63) is 58.6 Å². The van der Waals surface area contributed by atoms with E-state index in [-0.39, 0.29) is 11.2 Å². The van der Waals surface area contributed by atoms with E-state index in [0.717, 1.165) is 18.6 Å². The fourth-order valence-electron chi connectivity index (χ4n) is 4.29. The van der Waals surface area contributed by atoms with E-state index >= 15 is 0 Å². The van der Waals surface area contributed by atoms with Gasteiger partial charge in [0.25, 0.3) is 0 Å². The molecule has 3 rings (SSSR count). The van der Waals surface area contributed by atoms with E-state index in [9.17, 15) is 4.79 Å². The Labute approximate surface area is 166 Å². The van der Waals surface area contributed by atoms with Crippen molar-refractivity contribution < 1.29 is 14.3 Å². The summed E-state index contributed by atoms with van der Waals surface area (Å²) < 4.78 is 10.7. The molecule has 0 aliphatic heterocycles. The number of benzene rings is 2. The van der Waals surface area contributed by atoms with Gasteiger partial charge in [0.05, 0.1) is 19.8 Å². The van der Waals surface area contributed by atoms with Crippen molar-refractivity contribution in [3.63, 3.8) is 0 Å². The lowest BCUT2D eigenvalue weighted by molar-refractivity contribution is 0.0975. The highest BCUT2D eigenvalue weighted by molar-refractivity contribution is 6.31. The molecule has 1 aliphatic carbocycles. The van der Waals surface area contributed by atoms with Gasteiger partial charge >= 0.3 is 0 Å². The second-order valence-corrected chi connectivity index (χ2v) is 8.28. The van der Waals surface area contributed by atoms with Crippen LogP contribution in [-0.4, -0.2) is 20.0 Å². The molecule has 1 unspecified atom stereocenters. The van der Waals surface area contributed by atoms with E-state index in [1.54, 1.807) is 32.4 Å². The monoisotopic (exact) mass is 386 g/mol. The van der Waals surface area contributed by atoms with Crippen LogP contribution in [0.3, 0.4) is 0 Å². The van der Waals surface area contributed by atoms with Crippen molar-refractivity contribution >= 4 is 17.4 Å². The second-order valence-electron chi connectivity index (χ2n) is 7.84. The number of carbonyl (C=O) groups is 1. The summed E-state index contributed by atoms with van der Waals surface area (Å²) in [6.45, 7) is 4.62. The van der Waals surface area contributed by atoms with Gasteiger partial charge in [0.15, 0.2) is 5.78 Å². The normalized spacial score (nSPS) is 20.2. The van der Waals surface area contributed by atoms with Crippen LogP contribution in [0, 0.1) is 11.3 Å². The molecule has 1 aliphatic rings. The van der Waals surface area contributed by atoms with Crippen LogP contribution in [0.2, 0.25) is 5.02 Å². The number of halogens is 1.